The zero-order chi connectivity index (χ0) is 4.62. The standard InChI is InChI=1S/C5H11N/c1-3-6(2)4-5-6/h1,3-5H2,2H3/q+1. The third kappa shape index (κ3) is 0.548. The van der Waals surface area contributed by atoms with Crippen molar-refractivity contribution in [2.45, 2.75) is 0 Å². The molecule has 0 spiro atoms. The van der Waals surface area contributed by atoms with Crippen LogP contribution in [-0.4, -0.2) is 31.2 Å². The van der Waals surface area contributed by atoms with Gasteiger partial charge in [-0.25, -0.2) is 0 Å². The first-order valence-electron chi connectivity index (χ1n) is 2.40. The molecular formula is C5H11N+. The molecule has 0 bridgehead atoms. The maximum absolute atomic E-state index is 3.79. The van der Waals surface area contributed by atoms with E-state index in [4.69, 9.17) is 0 Å². The van der Waals surface area contributed by atoms with Crippen LogP contribution in [0.5, 0.6) is 0 Å². The van der Waals surface area contributed by atoms with Crippen LogP contribution in [-0.2, 0) is 0 Å². The first kappa shape index (κ1) is 4.13. The lowest BCUT2D eigenvalue weighted by Crippen LogP contribution is -2.17. The average molecular weight is 85.1 g/mol. The van der Waals surface area contributed by atoms with E-state index in [0.29, 0.717) is 0 Å². The fraction of sp³-hybridized carbons (Fsp3) is 0.800. The molecule has 0 atom stereocenters. The number of hydrogen-bond donors (Lipinski definition) is 0. The summed E-state index contributed by atoms with van der Waals surface area (Å²) < 4.78 is 1.21. The van der Waals surface area contributed by atoms with Crippen LogP contribution >= 0.6 is 0 Å². The monoisotopic (exact) mass is 85.1 g/mol. The first-order chi connectivity index (χ1) is 2.77. The van der Waals surface area contributed by atoms with Crippen LogP contribution in [0.25, 0.3) is 0 Å². The van der Waals surface area contributed by atoms with Gasteiger partial charge in [-0.2, -0.15) is 0 Å². The van der Waals surface area contributed by atoms with Gasteiger partial charge in [-0.05, 0) is 0 Å². The van der Waals surface area contributed by atoms with Crippen molar-refractivity contribution in [3.05, 3.63) is 6.92 Å². The lowest BCUT2D eigenvalue weighted by molar-refractivity contribution is -0.770. The lowest BCUT2D eigenvalue weighted by atomic mass is 10.7. The summed E-state index contributed by atoms with van der Waals surface area (Å²) in [5.41, 5.74) is 0. The van der Waals surface area contributed by atoms with Gasteiger partial charge in [0.1, 0.15) is 13.1 Å². The fourth-order valence-electron chi connectivity index (χ4n) is 0.394. The molecule has 1 heterocycles. The van der Waals surface area contributed by atoms with Gasteiger partial charge in [-0.15, -0.1) is 0 Å². The van der Waals surface area contributed by atoms with Crippen molar-refractivity contribution < 1.29 is 4.48 Å². The van der Waals surface area contributed by atoms with E-state index in [-0.39, 0.29) is 0 Å². The Morgan fingerprint density at radius 3 is 2.17 bits per heavy atom. The Bertz CT molecular complexity index is 55.0. The summed E-state index contributed by atoms with van der Waals surface area (Å²) in [4.78, 5) is 0. The fourth-order valence-corrected chi connectivity index (χ4v) is 0.394. The smallest absolute Gasteiger partial charge is 0.128 e. The highest BCUT2D eigenvalue weighted by atomic mass is 15.4. The molecule has 1 saturated heterocycles. The number of nitrogens with zero attached hydrogens (tertiary/aromatic N) is 1. The van der Waals surface area contributed by atoms with Crippen molar-refractivity contribution in [2.75, 3.05) is 26.7 Å². The molecule has 0 aliphatic carbocycles. The van der Waals surface area contributed by atoms with E-state index in [0.717, 1.165) is 6.54 Å². The second kappa shape index (κ2) is 0.969. The van der Waals surface area contributed by atoms with Crippen molar-refractivity contribution in [2.24, 2.45) is 0 Å². The number of quaternary nitrogens is 1. The van der Waals surface area contributed by atoms with Gasteiger partial charge in [0.15, 0.2) is 0 Å². The van der Waals surface area contributed by atoms with Crippen LogP contribution in [0.3, 0.4) is 0 Å². The molecule has 1 nitrogen and oxygen atoms in total. The summed E-state index contributed by atoms with van der Waals surface area (Å²) in [5, 5.41) is 0. The summed E-state index contributed by atoms with van der Waals surface area (Å²) in [6, 6.07) is 0. The minimum atomic E-state index is 1.07. The highest BCUT2D eigenvalue weighted by Gasteiger charge is 2.33. The van der Waals surface area contributed by atoms with Gasteiger partial charge in [-0.3, -0.25) is 0 Å². The summed E-state index contributed by atoms with van der Waals surface area (Å²) in [6.45, 7) is 7.56. The molecule has 1 fully saturated rings. The average Bonchev–Trinajstić information content (AvgIpc) is 2.22. The first-order valence-corrected chi connectivity index (χ1v) is 2.40. The molecule has 1 aliphatic rings. The number of rotatable bonds is 1. The van der Waals surface area contributed by atoms with Crippen LogP contribution in [0, 0.1) is 6.92 Å². The third-order valence-electron chi connectivity index (χ3n) is 1.53. The van der Waals surface area contributed by atoms with E-state index in [2.05, 4.69) is 14.0 Å². The molecule has 35 valence electrons. The second-order valence-electron chi connectivity index (χ2n) is 2.29. The minimum absolute atomic E-state index is 1.07. The van der Waals surface area contributed by atoms with Crippen molar-refractivity contribution >= 4 is 0 Å². The van der Waals surface area contributed by atoms with Gasteiger partial charge in [-0.1, -0.05) is 0 Å². The Kier molecular flexibility index (Phi) is 0.667. The SMILES string of the molecule is [CH2]C[N+]1(C)CC1. The number of likely N-dealkylation sites (N-methyl/N-ethyl adjacent to an activating group) is 1. The van der Waals surface area contributed by atoms with Crippen LogP contribution in [0.1, 0.15) is 0 Å². The van der Waals surface area contributed by atoms with Gasteiger partial charge in [0.25, 0.3) is 0 Å². The maximum atomic E-state index is 3.79. The molecular weight excluding hydrogens is 74.1 g/mol. The van der Waals surface area contributed by atoms with Crippen LogP contribution < -0.4 is 0 Å². The molecule has 0 amide bonds. The minimum Gasteiger partial charge on any atom is -0.317 e. The Hall–Kier alpha value is -0.0400. The predicted octanol–water partition coefficient (Wildman–Crippen LogP) is 0.281. The summed E-state index contributed by atoms with van der Waals surface area (Å²) >= 11 is 0. The molecule has 0 aromatic heterocycles. The van der Waals surface area contributed by atoms with E-state index in [1.54, 1.807) is 0 Å². The Labute approximate surface area is 39.2 Å². The van der Waals surface area contributed by atoms with Gasteiger partial charge in [0, 0.05) is 6.92 Å². The molecule has 0 N–H and O–H groups in total. The summed E-state index contributed by atoms with van der Waals surface area (Å²) in [7, 11) is 2.23. The zero-order valence-electron chi connectivity index (χ0n) is 4.28. The maximum Gasteiger partial charge on any atom is 0.128 e. The third-order valence-corrected chi connectivity index (χ3v) is 1.53. The van der Waals surface area contributed by atoms with E-state index < -0.39 is 0 Å². The highest BCUT2D eigenvalue weighted by molar-refractivity contribution is 4.51. The van der Waals surface area contributed by atoms with Crippen molar-refractivity contribution in [1.29, 1.82) is 0 Å². The Balaban J connectivity index is 2.28. The normalized spacial score (nSPS) is 27.0. The molecule has 6 heavy (non-hydrogen) atoms. The van der Waals surface area contributed by atoms with Crippen LogP contribution in [0.4, 0.5) is 0 Å². The quantitative estimate of drug-likeness (QED) is 0.317. The summed E-state index contributed by atoms with van der Waals surface area (Å²) in [5.74, 6) is 0. The van der Waals surface area contributed by atoms with Gasteiger partial charge in [0.2, 0.25) is 0 Å². The summed E-state index contributed by atoms with van der Waals surface area (Å²) in [6.07, 6.45) is 0. The van der Waals surface area contributed by atoms with Gasteiger partial charge in [0.05, 0.1) is 13.6 Å². The van der Waals surface area contributed by atoms with Gasteiger partial charge < -0.3 is 4.48 Å². The van der Waals surface area contributed by atoms with E-state index in [1.807, 2.05) is 0 Å². The van der Waals surface area contributed by atoms with Crippen LogP contribution in [0.15, 0.2) is 0 Å². The van der Waals surface area contributed by atoms with Crippen molar-refractivity contribution in [3.63, 3.8) is 0 Å². The molecule has 0 unspecified atom stereocenters. The Morgan fingerprint density at radius 2 is 2.17 bits per heavy atom. The van der Waals surface area contributed by atoms with Crippen LogP contribution in [0.2, 0.25) is 0 Å². The molecule has 1 aliphatic heterocycles. The van der Waals surface area contributed by atoms with E-state index in [1.165, 1.54) is 17.6 Å². The molecule has 1 radical (unpaired) electrons. The second-order valence-corrected chi connectivity index (χ2v) is 2.29. The van der Waals surface area contributed by atoms with Gasteiger partial charge >= 0.3 is 0 Å². The van der Waals surface area contributed by atoms with Crippen molar-refractivity contribution in [1.82, 2.24) is 0 Å². The van der Waals surface area contributed by atoms with E-state index >= 15 is 0 Å². The Morgan fingerprint density at radius 1 is 1.67 bits per heavy atom. The molecule has 1 rings (SSSR count). The van der Waals surface area contributed by atoms with Crippen molar-refractivity contribution in [3.8, 4) is 0 Å². The number of hydrogen-bond acceptors (Lipinski definition) is 0. The largest absolute Gasteiger partial charge is 0.317 e. The predicted molar refractivity (Wildman–Crippen MR) is 26.1 cm³/mol. The highest BCUT2D eigenvalue weighted by Crippen LogP contribution is 2.13. The lowest BCUT2D eigenvalue weighted by Gasteiger charge is -2.04. The zero-order valence-corrected chi connectivity index (χ0v) is 4.28. The molecule has 0 aromatic carbocycles. The van der Waals surface area contributed by atoms with E-state index in [9.17, 15) is 0 Å². The topological polar surface area (TPSA) is 0 Å². The molecule has 1 heteroatoms. The molecule has 0 aromatic rings. The molecule has 0 saturated carbocycles.